The SMILES string of the molecule is COC(=O)c1c(F)cccc1S(=O)(=O)NC1CCCNC1C.Cl. The van der Waals surface area contributed by atoms with Gasteiger partial charge in [0.2, 0.25) is 10.0 Å². The van der Waals surface area contributed by atoms with Gasteiger partial charge in [0, 0.05) is 12.1 Å². The van der Waals surface area contributed by atoms with Gasteiger partial charge in [-0.05, 0) is 38.4 Å². The molecule has 0 spiro atoms. The number of ether oxygens (including phenoxy) is 1. The predicted octanol–water partition coefficient (Wildman–Crippen LogP) is 1.45. The highest BCUT2D eigenvalue weighted by atomic mass is 35.5. The summed E-state index contributed by atoms with van der Waals surface area (Å²) in [6.45, 7) is 2.70. The van der Waals surface area contributed by atoms with Crippen LogP contribution in [0.5, 0.6) is 0 Å². The van der Waals surface area contributed by atoms with E-state index in [1.165, 1.54) is 12.1 Å². The van der Waals surface area contributed by atoms with Crippen LogP contribution in [0.1, 0.15) is 30.1 Å². The van der Waals surface area contributed by atoms with Crippen molar-refractivity contribution in [2.75, 3.05) is 13.7 Å². The first-order valence-electron chi connectivity index (χ1n) is 6.99. The molecular weight excluding hydrogens is 347 g/mol. The van der Waals surface area contributed by atoms with E-state index in [9.17, 15) is 17.6 Å². The van der Waals surface area contributed by atoms with Gasteiger partial charge in [0.15, 0.2) is 0 Å². The van der Waals surface area contributed by atoms with E-state index in [4.69, 9.17) is 0 Å². The number of carbonyl (C=O) groups excluding carboxylic acids is 1. The molecule has 0 aromatic heterocycles. The van der Waals surface area contributed by atoms with Crippen LogP contribution >= 0.6 is 12.4 Å². The van der Waals surface area contributed by atoms with Gasteiger partial charge in [0.05, 0.1) is 12.0 Å². The van der Waals surface area contributed by atoms with Gasteiger partial charge in [0.25, 0.3) is 0 Å². The van der Waals surface area contributed by atoms with Gasteiger partial charge in [-0.2, -0.15) is 0 Å². The molecule has 2 rings (SSSR count). The Balaban J connectivity index is 0.00000264. The zero-order chi connectivity index (χ0) is 16.3. The molecule has 130 valence electrons. The van der Waals surface area contributed by atoms with Crippen LogP contribution in [0.2, 0.25) is 0 Å². The second-order valence-electron chi connectivity index (χ2n) is 5.22. The Bertz CT molecular complexity index is 669. The Morgan fingerprint density at radius 3 is 2.74 bits per heavy atom. The van der Waals surface area contributed by atoms with Gasteiger partial charge in [-0.1, -0.05) is 6.07 Å². The van der Waals surface area contributed by atoms with Crippen LogP contribution in [-0.2, 0) is 14.8 Å². The number of nitrogens with one attached hydrogen (secondary N) is 2. The van der Waals surface area contributed by atoms with Crippen LogP contribution in [0.15, 0.2) is 23.1 Å². The van der Waals surface area contributed by atoms with Gasteiger partial charge < -0.3 is 10.1 Å². The molecule has 1 aliphatic heterocycles. The second-order valence-corrected chi connectivity index (χ2v) is 6.90. The summed E-state index contributed by atoms with van der Waals surface area (Å²) in [7, 11) is -2.96. The van der Waals surface area contributed by atoms with Crippen LogP contribution in [0.4, 0.5) is 4.39 Å². The Hall–Kier alpha value is -1.22. The number of methoxy groups -OCH3 is 1. The number of rotatable bonds is 4. The number of piperidine rings is 1. The number of halogens is 2. The van der Waals surface area contributed by atoms with Crippen molar-refractivity contribution < 1.29 is 22.3 Å². The highest BCUT2D eigenvalue weighted by Crippen LogP contribution is 2.21. The van der Waals surface area contributed by atoms with E-state index >= 15 is 0 Å². The maximum Gasteiger partial charge on any atom is 0.342 e. The van der Waals surface area contributed by atoms with E-state index in [-0.39, 0.29) is 24.5 Å². The monoisotopic (exact) mass is 366 g/mol. The first-order chi connectivity index (χ1) is 10.4. The number of benzene rings is 1. The fourth-order valence-electron chi connectivity index (χ4n) is 2.50. The Morgan fingerprint density at radius 2 is 2.13 bits per heavy atom. The highest BCUT2D eigenvalue weighted by Gasteiger charge is 2.31. The van der Waals surface area contributed by atoms with Gasteiger partial charge >= 0.3 is 5.97 Å². The molecule has 0 saturated carbocycles. The summed E-state index contributed by atoms with van der Waals surface area (Å²) in [4.78, 5) is 11.3. The minimum Gasteiger partial charge on any atom is -0.465 e. The van der Waals surface area contributed by atoms with Crippen LogP contribution in [0, 0.1) is 5.82 Å². The fraction of sp³-hybridized carbons (Fsp3) is 0.500. The Labute approximate surface area is 141 Å². The minimum atomic E-state index is -4.03. The van der Waals surface area contributed by atoms with E-state index in [1.807, 2.05) is 6.92 Å². The summed E-state index contributed by atoms with van der Waals surface area (Å²) in [5.74, 6) is -1.95. The third-order valence-corrected chi connectivity index (χ3v) is 5.25. The van der Waals surface area contributed by atoms with E-state index in [1.54, 1.807) is 0 Å². The van der Waals surface area contributed by atoms with Crippen LogP contribution in [0.3, 0.4) is 0 Å². The topological polar surface area (TPSA) is 84.5 Å². The first-order valence-corrected chi connectivity index (χ1v) is 8.47. The lowest BCUT2D eigenvalue weighted by molar-refractivity contribution is 0.0590. The molecule has 1 saturated heterocycles. The maximum absolute atomic E-state index is 13.9. The van der Waals surface area contributed by atoms with E-state index in [0.29, 0.717) is 6.42 Å². The average Bonchev–Trinajstić information content (AvgIpc) is 2.48. The van der Waals surface area contributed by atoms with Crippen molar-refractivity contribution in [1.82, 2.24) is 10.0 Å². The molecule has 0 radical (unpaired) electrons. The molecule has 6 nitrogen and oxygen atoms in total. The number of esters is 1. The molecule has 1 aliphatic rings. The van der Waals surface area contributed by atoms with E-state index in [2.05, 4.69) is 14.8 Å². The summed E-state index contributed by atoms with van der Waals surface area (Å²) in [6, 6.07) is 3.11. The summed E-state index contributed by atoms with van der Waals surface area (Å²) in [5, 5.41) is 3.17. The lowest BCUT2D eigenvalue weighted by Crippen LogP contribution is -2.51. The van der Waals surface area contributed by atoms with Crippen LogP contribution < -0.4 is 10.0 Å². The normalized spacial score (nSPS) is 21.3. The molecule has 1 fully saturated rings. The third kappa shape index (κ3) is 4.41. The maximum atomic E-state index is 13.9. The molecule has 1 heterocycles. The molecule has 2 N–H and O–H groups in total. The predicted molar refractivity (Wildman–Crippen MR) is 85.8 cm³/mol. The fourth-order valence-corrected chi connectivity index (χ4v) is 4.05. The molecule has 0 amide bonds. The second kappa shape index (κ2) is 8.05. The van der Waals surface area contributed by atoms with Crippen molar-refractivity contribution in [2.45, 2.75) is 36.7 Å². The summed E-state index contributed by atoms with van der Waals surface area (Å²) >= 11 is 0. The van der Waals surface area contributed by atoms with Crippen molar-refractivity contribution in [3.05, 3.63) is 29.6 Å². The zero-order valence-corrected chi connectivity index (χ0v) is 14.5. The zero-order valence-electron chi connectivity index (χ0n) is 12.8. The number of carbonyl (C=O) groups is 1. The van der Waals surface area contributed by atoms with E-state index < -0.39 is 32.3 Å². The minimum absolute atomic E-state index is 0. The van der Waals surface area contributed by atoms with Crippen molar-refractivity contribution in [3.8, 4) is 0 Å². The van der Waals surface area contributed by atoms with Crippen molar-refractivity contribution in [1.29, 1.82) is 0 Å². The number of hydrogen-bond donors (Lipinski definition) is 2. The first kappa shape index (κ1) is 19.8. The van der Waals surface area contributed by atoms with Crippen molar-refractivity contribution >= 4 is 28.4 Å². The smallest absolute Gasteiger partial charge is 0.342 e. The molecule has 23 heavy (non-hydrogen) atoms. The largest absolute Gasteiger partial charge is 0.465 e. The Kier molecular flexibility index (Phi) is 6.94. The summed E-state index contributed by atoms with van der Waals surface area (Å²) in [5.41, 5.74) is -0.575. The average molecular weight is 367 g/mol. The van der Waals surface area contributed by atoms with Crippen LogP contribution in [0.25, 0.3) is 0 Å². The molecule has 0 bridgehead atoms. The van der Waals surface area contributed by atoms with Gasteiger partial charge in [0.1, 0.15) is 11.4 Å². The van der Waals surface area contributed by atoms with Crippen molar-refractivity contribution in [2.24, 2.45) is 0 Å². The lowest BCUT2D eigenvalue weighted by Gasteiger charge is -2.30. The molecule has 0 aliphatic carbocycles. The quantitative estimate of drug-likeness (QED) is 0.788. The van der Waals surface area contributed by atoms with E-state index in [0.717, 1.165) is 26.1 Å². The van der Waals surface area contributed by atoms with Crippen LogP contribution in [-0.4, -0.2) is 40.1 Å². The standard InChI is InChI=1S/C14H19FN2O4S.ClH/c1-9-11(6-4-8-16-9)17-22(19,20)12-7-3-5-10(15)13(12)14(18)21-2;/h3,5,7,9,11,16-17H,4,6,8H2,1-2H3;1H. The third-order valence-electron chi connectivity index (χ3n) is 3.72. The van der Waals surface area contributed by atoms with Gasteiger partial charge in [-0.3, -0.25) is 0 Å². The van der Waals surface area contributed by atoms with Gasteiger partial charge in [-0.15, -0.1) is 12.4 Å². The lowest BCUT2D eigenvalue weighted by atomic mass is 10.0. The summed E-state index contributed by atoms with van der Waals surface area (Å²) in [6.07, 6.45) is 1.51. The number of sulfonamides is 1. The van der Waals surface area contributed by atoms with Gasteiger partial charge in [-0.25, -0.2) is 22.3 Å². The molecule has 2 unspecified atom stereocenters. The van der Waals surface area contributed by atoms with Crippen molar-refractivity contribution in [3.63, 3.8) is 0 Å². The Morgan fingerprint density at radius 1 is 1.43 bits per heavy atom. The molecule has 1 aromatic rings. The highest BCUT2D eigenvalue weighted by molar-refractivity contribution is 7.89. The molecule has 1 aromatic carbocycles. The molecule has 2 atom stereocenters. The number of hydrogen-bond acceptors (Lipinski definition) is 5. The summed E-state index contributed by atoms with van der Waals surface area (Å²) < 4.78 is 45.9. The molecule has 9 heteroatoms. The molecular formula is C14H20ClFN2O4S.